The van der Waals surface area contributed by atoms with Crippen LogP contribution in [0, 0.1) is 24.0 Å². The quantitative estimate of drug-likeness (QED) is 0.354. The molecule has 0 fully saturated rings. The molecule has 156 valence electrons. The Hall–Kier alpha value is -3.78. The maximum atomic E-state index is 12.6. The number of amides is 1. The van der Waals surface area contributed by atoms with Gasteiger partial charge in [0.25, 0.3) is 5.69 Å². The first-order chi connectivity index (χ1) is 14.8. The Kier molecular flexibility index (Phi) is 5.39. The maximum absolute atomic E-state index is 12.6. The maximum Gasteiger partial charge on any atom is 0.271 e. The predicted molar refractivity (Wildman–Crippen MR) is 119 cm³/mol. The third-order valence-electron chi connectivity index (χ3n) is 4.90. The number of hydrogen-bond acceptors (Lipinski definition) is 5. The van der Waals surface area contributed by atoms with Gasteiger partial charge in [-0.05, 0) is 37.1 Å². The SMILES string of the molecule is Cc1ccc(-c2ccnc3c2c(C)nn3CC(=O)Nc2ccc([N+](=O)[O-])cc2Cl)cc1. The van der Waals surface area contributed by atoms with Crippen molar-refractivity contribution in [2.24, 2.45) is 0 Å². The number of hydrogen-bond donors (Lipinski definition) is 1. The Morgan fingerprint density at radius 1 is 1.16 bits per heavy atom. The molecule has 1 N–H and O–H groups in total. The van der Waals surface area contributed by atoms with E-state index in [0.717, 1.165) is 22.2 Å². The van der Waals surface area contributed by atoms with E-state index in [9.17, 15) is 14.9 Å². The van der Waals surface area contributed by atoms with Gasteiger partial charge in [0, 0.05) is 23.7 Å². The number of aryl methyl sites for hydroxylation is 2. The fourth-order valence-corrected chi connectivity index (χ4v) is 3.63. The number of rotatable bonds is 5. The summed E-state index contributed by atoms with van der Waals surface area (Å²) in [4.78, 5) is 27.3. The van der Waals surface area contributed by atoms with Crippen LogP contribution in [0.4, 0.5) is 11.4 Å². The van der Waals surface area contributed by atoms with Gasteiger partial charge in [-0.2, -0.15) is 5.10 Å². The minimum Gasteiger partial charge on any atom is -0.323 e. The number of aromatic nitrogens is 3. The first kappa shape index (κ1) is 20.5. The number of nitrogens with one attached hydrogen (secondary N) is 1. The van der Waals surface area contributed by atoms with E-state index < -0.39 is 4.92 Å². The molecule has 4 aromatic rings. The molecule has 0 atom stereocenters. The van der Waals surface area contributed by atoms with E-state index in [0.29, 0.717) is 11.3 Å². The highest BCUT2D eigenvalue weighted by atomic mass is 35.5. The lowest BCUT2D eigenvalue weighted by atomic mass is 10.0. The van der Waals surface area contributed by atoms with Crippen LogP contribution in [0.3, 0.4) is 0 Å². The monoisotopic (exact) mass is 435 g/mol. The summed E-state index contributed by atoms with van der Waals surface area (Å²) in [5, 5.41) is 19.0. The van der Waals surface area contributed by atoms with Gasteiger partial charge in [0.2, 0.25) is 5.91 Å². The summed E-state index contributed by atoms with van der Waals surface area (Å²) in [7, 11) is 0. The molecule has 0 saturated carbocycles. The zero-order valence-electron chi connectivity index (χ0n) is 16.8. The zero-order valence-corrected chi connectivity index (χ0v) is 17.6. The average Bonchev–Trinajstić information content (AvgIpc) is 3.05. The van der Waals surface area contributed by atoms with Gasteiger partial charge in [-0.3, -0.25) is 14.9 Å². The van der Waals surface area contributed by atoms with E-state index in [1.54, 1.807) is 6.20 Å². The molecule has 9 heteroatoms. The van der Waals surface area contributed by atoms with Crippen LogP contribution >= 0.6 is 11.6 Å². The molecule has 0 bridgehead atoms. The minimum absolute atomic E-state index is 0.0813. The van der Waals surface area contributed by atoms with Crippen LogP contribution in [0.25, 0.3) is 22.2 Å². The summed E-state index contributed by atoms with van der Waals surface area (Å²) < 4.78 is 1.54. The van der Waals surface area contributed by atoms with Gasteiger partial charge in [-0.25, -0.2) is 9.67 Å². The summed E-state index contributed by atoms with van der Waals surface area (Å²) in [6.07, 6.45) is 1.69. The van der Waals surface area contributed by atoms with Crippen LogP contribution in [0.5, 0.6) is 0 Å². The number of nitrogens with zero attached hydrogens (tertiary/aromatic N) is 4. The first-order valence-electron chi connectivity index (χ1n) is 9.46. The lowest BCUT2D eigenvalue weighted by molar-refractivity contribution is -0.384. The second-order valence-electron chi connectivity index (χ2n) is 7.14. The third kappa shape index (κ3) is 4.10. The summed E-state index contributed by atoms with van der Waals surface area (Å²) in [6, 6.07) is 14.0. The molecule has 2 aromatic heterocycles. The largest absolute Gasteiger partial charge is 0.323 e. The Balaban J connectivity index is 1.62. The number of non-ortho nitro benzene ring substituents is 1. The minimum atomic E-state index is -0.548. The van der Waals surface area contributed by atoms with Crippen LogP contribution in [0.2, 0.25) is 5.02 Å². The molecule has 0 aliphatic carbocycles. The highest BCUT2D eigenvalue weighted by Gasteiger charge is 2.17. The Labute approximate surface area is 182 Å². The Bertz CT molecular complexity index is 1310. The van der Waals surface area contributed by atoms with Crippen molar-refractivity contribution in [3.63, 3.8) is 0 Å². The fourth-order valence-electron chi connectivity index (χ4n) is 3.41. The fraction of sp³-hybridized carbons (Fsp3) is 0.136. The van der Waals surface area contributed by atoms with Gasteiger partial charge in [-0.15, -0.1) is 0 Å². The number of carbonyl (C=O) groups excluding carboxylic acids is 1. The normalized spacial score (nSPS) is 10.9. The highest BCUT2D eigenvalue weighted by Crippen LogP contribution is 2.30. The smallest absolute Gasteiger partial charge is 0.271 e. The van der Waals surface area contributed by atoms with Gasteiger partial charge >= 0.3 is 0 Å². The average molecular weight is 436 g/mol. The van der Waals surface area contributed by atoms with E-state index in [1.165, 1.54) is 28.4 Å². The Morgan fingerprint density at radius 3 is 2.58 bits per heavy atom. The van der Waals surface area contributed by atoms with Crippen molar-refractivity contribution in [2.45, 2.75) is 20.4 Å². The van der Waals surface area contributed by atoms with Crippen molar-refractivity contribution >= 4 is 39.9 Å². The van der Waals surface area contributed by atoms with Crippen molar-refractivity contribution in [1.82, 2.24) is 14.8 Å². The predicted octanol–water partition coefficient (Wildman–Crippen LogP) is 4.92. The molecule has 8 nitrogen and oxygen atoms in total. The van der Waals surface area contributed by atoms with Crippen LogP contribution in [-0.4, -0.2) is 25.6 Å². The number of pyridine rings is 1. The lowest BCUT2D eigenvalue weighted by Crippen LogP contribution is -2.20. The van der Waals surface area contributed by atoms with Crippen LogP contribution < -0.4 is 5.32 Å². The van der Waals surface area contributed by atoms with E-state index in [-0.39, 0.29) is 23.2 Å². The lowest BCUT2D eigenvalue weighted by Gasteiger charge is -2.08. The van der Waals surface area contributed by atoms with Crippen molar-refractivity contribution in [3.8, 4) is 11.1 Å². The van der Waals surface area contributed by atoms with Crippen molar-refractivity contribution in [1.29, 1.82) is 0 Å². The topological polar surface area (TPSA) is 103 Å². The molecule has 0 unspecified atom stereocenters. The van der Waals surface area contributed by atoms with E-state index >= 15 is 0 Å². The zero-order chi connectivity index (χ0) is 22.1. The third-order valence-corrected chi connectivity index (χ3v) is 5.21. The van der Waals surface area contributed by atoms with Gasteiger partial charge in [0.05, 0.1) is 21.3 Å². The summed E-state index contributed by atoms with van der Waals surface area (Å²) in [5.41, 5.74) is 4.71. The summed E-state index contributed by atoms with van der Waals surface area (Å²) in [5.74, 6) is -0.373. The molecular weight excluding hydrogens is 418 g/mol. The van der Waals surface area contributed by atoms with Crippen molar-refractivity contribution in [3.05, 3.63) is 81.1 Å². The second-order valence-corrected chi connectivity index (χ2v) is 7.54. The number of carbonyl (C=O) groups is 1. The second kappa shape index (κ2) is 8.16. The van der Waals surface area contributed by atoms with Crippen molar-refractivity contribution < 1.29 is 9.72 Å². The summed E-state index contributed by atoms with van der Waals surface area (Å²) >= 11 is 6.07. The van der Waals surface area contributed by atoms with Gasteiger partial charge < -0.3 is 5.32 Å². The molecule has 0 aliphatic rings. The number of halogens is 1. The molecular formula is C22H18ClN5O3. The highest BCUT2D eigenvalue weighted by molar-refractivity contribution is 6.34. The Morgan fingerprint density at radius 2 is 1.90 bits per heavy atom. The molecule has 4 rings (SSSR count). The molecule has 0 saturated heterocycles. The van der Waals surface area contributed by atoms with Crippen LogP contribution in [0.15, 0.2) is 54.7 Å². The van der Waals surface area contributed by atoms with E-state index in [4.69, 9.17) is 11.6 Å². The molecule has 31 heavy (non-hydrogen) atoms. The number of nitro benzene ring substituents is 1. The van der Waals surface area contributed by atoms with Crippen molar-refractivity contribution in [2.75, 3.05) is 5.32 Å². The first-order valence-corrected chi connectivity index (χ1v) is 9.84. The number of benzene rings is 2. The molecule has 0 aliphatic heterocycles. The van der Waals surface area contributed by atoms with Gasteiger partial charge in [0.15, 0.2) is 5.65 Å². The standard InChI is InChI=1S/C22H18ClN5O3/c1-13-3-5-15(6-4-13)17-9-10-24-22-21(17)14(2)26-27(22)12-20(29)25-19-8-7-16(28(30)31)11-18(19)23/h3-11H,12H2,1-2H3,(H,25,29). The number of nitro groups is 1. The number of anilines is 1. The van der Waals surface area contributed by atoms with Gasteiger partial charge in [0.1, 0.15) is 6.54 Å². The molecule has 2 aromatic carbocycles. The van der Waals surface area contributed by atoms with Crippen LogP contribution in [0.1, 0.15) is 11.3 Å². The molecule has 1 amide bonds. The molecule has 0 spiro atoms. The van der Waals surface area contributed by atoms with Gasteiger partial charge in [-0.1, -0.05) is 41.4 Å². The molecule has 0 radical (unpaired) electrons. The molecule has 2 heterocycles. The van der Waals surface area contributed by atoms with Crippen LogP contribution in [-0.2, 0) is 11.3 Å². The van der Waals surface area contributed by atoms with E-state index in [1.807, 2.05) is 44.2 Å². The number of fused-ring (bicyclic) bond motifs is 1. The summed E-state index contributed by atoms with van der Waals surface area (Å²) in [6.45, 7) is 3.83. The van der Waals surface area contributed by atoms with E-state index in [2.05, 4.69) is 15.4 Å².